The second-order valence-electron chi connectivity index (χ2n) is 4.79. The summed E-state index contributed by atoms with van der Waals surface area (Å²) in [6, 6.07) is 0. The van der Waals surface area contributed by atoms with Gasteiger partial charge >= 0.3 is 5.97 Å². The van der Waals surface area contributed by atoms with E-state index in [1.165, 1.54) is 11.3 Å². The number of nitrogens with zero attached hydrogens (tertiary/aromatic N) is 1. The van der Waals surface area contributed by atoms with Gasteiger partial charge in [0.05, 0.1) is 29.1 Å². The number of nitrogens with one attached hydrogen (secondary N) is 1. The summed E-state index contributed by atoms with van der Waals surface area (Å²) in [7, 11) is 0. The van der Waals surface area contributed by atoms with Crippen LogP contribution in [-0.2, 0) is 16.0 Å². The van der Waals surface area contributed by atoms with Crippen molar-refractivity contribution in [1.29, 1.82) is 0 Å². The number of hydrogen-bond acceptors (Lipinski definition) is 4. The topological polar surface area (TPSA) is 79.3 Å². The van der Waals surface area contributed by atoms with E-state index < -0.39 is 11.5 Å². The number of amides is 1. The van der Waals surface area contributed by atoms with Crippen LogP contribution in [0.15, 0.2) is 5.38 Å². The Morgan fingerprint density at radius 2 is 2.28 bits per heavy atom. The van der Waals surface area contributed by atoms with Gasteiger partial charge in [-0.2, -0.15) is 0 Å². The van der Waals surface area contributed by atoms with Crippen LogP contribution in [0.2, 0.25) is 0 Å². The van der Waals surface area contributed by atoms with E-state index in [1.54, 1.807) is 0 Å². The predicted octanol–water partition coefficient (Wildman–Crippen LogP) is 1.51. The Labute approximate surface area is 109 Å². The molecule has 0 saturated heterocycles. The number of rotatable bonds is 5. The maximum atomic E-state index is 11.9. The first-order valence-corrected chi connectivity index (χ1v) is 6.81. The number of aliphatic carboxylic acids is 1. The highest BCUT2D eigenvalue weighted by molar-refractivity contribution is 7.09. The highest BCUT2D eigenvalue weighted by atomic mass is 32.1. The van der Waals surface area contributed by atoms with Crippen LogP contribution in [-0.4, -0.2) is 27.5 Å². The van der Waals surface area contributed by atoms with E-state index in [-0.39, 0.29) is 18.7 Å². The van der Waals surface area contributed by atoms with Crippen molar-refractivity contribution in [2.24, 2.45) is 0 Å². The molecule has 2 N–H and O–H groups in total. The van der Waals surface area contributed by atoms with E-state index in [1.807, 2.05) is 12.3 Å². The fraction of sp³-hybridized carbons (Fsp3) is 0.583. The van der Waals surface area contributed by atoms with Crippen molar-refractivity contribution < 1.29 is 14.7 Å². The first-order chi connectivity index (χ1) is 8.49. The van der Waals surface area contributed by atoms with Crippen LogP contribution >= 0.6 is 11.3 Å². The van der Waals surface area contributed by atoms with E-state index in [0.29, 0.717) is 0 Å². The Morgan fingerprint density at radius 1 is 1.56 bits per heavy atom. The summed E-state index contributed by atoms with van der Waals surface area (Å²) < 4.78 is 0. The van der Waals surface area contributed by atoms with Crippen molar-refractivity contribution in [1.82, 2.24) is 10.3 Å². The number of carboxylic acid groups (broad SMARTS) is 1. The zero-order chi connectivity index (χ0) is 13.2. The minimum atomic E-state index is -0.862. The lowest BCUT2D eigenvalue weighted by atomic mass is 9.74. The molecule has 1 amide bonds. The molecule has 18 heavy (non-hydrogen) atoms. The van der Waals surface area contributed by atoms with Crippen LogP contribution in [0.3, 0.4) is 0 Å². The molecular formula is C12H16N2O3S. The first-order valence-electron chi connectivity index (χ1n) is 5.93. The molecule has 0 atom stereocenters. The molecule has 1 aliphatic carbocycles. The Balaban J connectivity index is 1.91. The Kier molecular flexibility index (Phi) is 3.65. The maximum absolute atomic E-state index is 11.9. The molecule has 0 aromatic carbocycles. The lowest BCUT2D eigenvalue weighted by Crippen LogP contribution is -2.55. The summed E-state index contributed by atoms with van der Waals surface area (Å²) in [5, 5.41) is 14.5. The van der Waals surface area contributed by atoms with E-state index in [9.17, 15) is 9.59 Å². The normalized spacial score (nSPS) is 16.9. The fourth-order valence-electron chi connectivity index (χ4n) is 2.23. The lowest BCUT2D eigenvalue weighted by molar-refractivity contribution is -0.140. The molecule has 1 aliphatic rings. The summed E-state index contributed by atoms with van der Waals surface area (Å²) in [6.07, 6.45) is 2.71. The van der Waals surface area contributed by atoms with Gasteiger partial charge in [0.1, 0.15) is 0 Å². The molecular weight excluding hydrogens is 252 g/mol. The SMILES string of the molecule is Cc1nc(CC(=O)NC2(CC(=O)O)CCC2)cs1. The molecule has 1 aromatic heterocycles. The highest BCUT2D eigenvalue weighted by Gasteiger charge is 2.40. The second kappa shape index (κ2) is 5.06. The van der Waals surface area contributed by atoms with E-state index in [0.717, 1.165) is 30.0 Å². The van der Waals surface area contributed by atoms with Gasteiger partial charge in [-0.1, -0.05) is 0 Å². The zero-order valence-corrected chi connectivity index (χ0v) is 11.0. The lowest BCUT2D eigenvalue weighted by Gasteiger charge is -2.41. The predicted molar refractivity (Wildman–Crippen MR) is 67.5 cm³/mol. The van der Waals surface area contributed by atoms with Crippen LogP contribution in [0.25, 0.3) is 0 Å². The van der Waals surface area contributed by atoms with Crippen molar-refractivity contribution in [3.8, 4) is 0 Å². The Morgan fingerprint density at radius 3 is 2.72 bits per heavy atom. The first kappa shape index (κ1) is 13.0. The third-order valence-electron chi connectivity index (χ3n) is 3.21. The number of aromatic nitrogens is 1. The van der Waals surface area contributed by atoms with Gasteiger partial charge in [-0.15, -0.1) is 11.3 Å². The summed E-state index contributed by atoms with van der Waals surface area (Å²) in [6.45, 7) is 1.89. The van der Waals surface area contributed by atoms with E-state index in [2.05, 4.69) is 10.3 Å². The Bertz CT molecular complexity index is 466. The van der Waals surface area contributed by atoms with Gasteiger partial charge < -0.3 is 10.4 Å². The van der Waals surface area contributed by atoms with Crippen molar-refractivity contribution >= 4 is 23.2 Å². The average molecular weight is 268 g/mol. The molecule has 0 aliphatic heterocycles. The van der Waals surface area contributed by atoms with Gasteiger partial charge in [0.2, 0.25) is 5.91 Å². The van der Waals surface area contributed by atoms with Crippen LogP contribution in [0.1, 0.15) is 36.4 Å². The third-order valence-corrected chi connectivity index (χ3v) is 4.04. The molecule has 0 radical (unpaired) electrons. The van der Waals surface area contributed by atoms with Gasteiger partial charge in [0, 0.05) is 5.38 Å². The third kappa shape index (κ3) is 3.07. The van der Waals surface area contributed by atoms with Gasteiger partial charge in [0.15, 0.2) is 0 Å². The number of carbonyl (C=O) groups is 2. The minimum absolute atomic E-state index is 0.00876. The molecule has 98 valence electrons. The Hall–Kier alpha value is -1.43. The van der Waals surface area contributed by atoms with Gasteiger partial charge in [-0.25, -0.2) is 4.98 Å². The van der Waals surface area contributed by atoms with Gasteiger partial charge in [0.25, 0.3) is 0 Å². The summed E-state index contributed by atoms with van der Waals surface area (Å²) in [4.78, 5) is 26.9. The monoisotopic (exact) mass is 268 g/mol. The number of carboxylic acids is 1. The molecule has 0 bridgehead atoms. The van der Waals surface area contributed by atoms with Crippen molar-refractivity contribution in [2.45, 2.75) is 44.6 Å². The molecule has 1 aromatic rings. The van der Waals surface area contributed by atoms with Crippen molar-refractivity contribution in [3.63, 3.8) is 0 Å². The molecule has 5 nitrogen and oxygen atoms in total. The van der Waals surface area contributed by atoms with Crippen LogP contribution in [0.5, 0.6) is 0 Å². The van der Waals surface area contributed by atoms with Gasteiger partial charge in [-0.05, 0) is 26.2 Å². The fourth-order valence-corrected chi connectivity index (χ4v) is 2.85. The quantitative estimate of drug-likeness (QED) is 0.848. The second-order valence-corrected chi connectivity index (χ2v) is 5.85. The average Bonchev–Trinajstić information content (AvgIpc) is 2.59. The molecule has 1 saturated carbocycles. The molecule has 1 fully saturated rings. The van der Waals surface area contributed by atoms with E-state index >= 15 is 0 Å². The number of hydrogen-bond donors (Lipinski definition) is 2. The van der Waals surface area contributed by atoms with Crippen molar-refractivity contribution in [3.05, 3.63) is 16.1 Å². The summed E-state index contributed by atoms with van der Waals surface area (Å²) in [5.41, 5.74) is 0.230. The summed E-state index contributed by atoms with van der Waals surface area (Å²) in [5.74, 6) is -0.999. The summed E-state index contributed by atoms with van der Waals surface area (Å²) >= 11 is 1.51. The van der Waals surface area contributed by atoms with Crippen LogP contribution < -0.4 is 5.32 Å². The standard InChI is InChI=1S/C12H16N2O3S/c1-8-13-9(7-18-8)5-10(15)14-12(3-2-4-12)6-11(16)17/h7H,2-6H2,1H3,(H,14,15)(H,16,17). The smallest absolute Gasteiger partial charge is 0.305 e. The highest BCUT2D eigenvalue weighted by Crippen LogP contribution is 2.34. The maximum Gasteiger partial charge on any atom is 0.305 e. The molecule has 1 heterocycles. The number of carbonyl (C=O) groups excluding carboxylic acids is 1. The van der Waals surface area contributed by atoms with Crippen LogP contribution in [0, 0.1) is 6.92 Å². The zero-order valence-electron chi connectivity index (χ0n) is 10.2. The molecule has 0 spiro atoms. The van der Waals surface area contributed by atoms with Crippen LogP contribution in [0.4, 0.5) is 0 Å². The largest absolute Gasteiger partial charge is 0.481 e. The van der Waals surface area contributed by atoms with E-state index in [4.69, 9.17) is 5.11 Å². The molecule has 6 heteroatoms. The molecule has 0 unspecified atom stereocenters. The van der Waals surface area contributed by atoms with Gasteiger partial charge in [-0.3, -0.25) is 9.59 Å². The van der Waals surface area contributed by atoms with Crippen molar-refractivity contribution in [2.75, 3.05) is 0 Å². The number of thiazole rings is 1. The minimum Gasteiger partial charge on any atom is -0.481 e. The number of aryl methyl sites for hydroxylation is 1. The molecule has 2 rings (SSSR count).